The number of nitrogens with zero attached hydrogens (tertiary/aromatic N) is 1. The molecule has 1 unspecified atom stereocenters. The molecule has 4 aromatic rings. The number of carbonyl (C=O) groups is 1. The molecule has 0 amide bonds. The quantitative estimate of drug-likeness (QED) is 0.460. The maximum atomic E-state index is 13.4. The van der Waals surface area contributed by atoms with Crippen LogP contribution in [0.25, 0.3) is 16.6 Å². The summed E-state index contributed by atoms with van der Waals surface area (Å²) >= 11 is 0. The van der Waals surface area contributed by atoms with Gasteiger partial charge in [-0.1, -0.05) is 42.5 Å². The van der Waals surface area contributed by atoms with E-state index in [4.69, 9.17) is 0 Å². The van der Waals surface area contributed by atoms with Crippen LogP contribution in [-0.2, 0) is 0 Å². The third-order valence-corrected chi connectivity index (χ3v) is 5.76. The number of aromatic nitrogens is 3. The largest absolute Gasteiger partial charge is 0.340 e. The molecule has 0 spiro atoms. The van der Waals surface area contributed by atoms with Gasteiger partial charge in [-0.05, 0) is 17.7 Å². The molecule has 0 fully saturated rings. The van der Waals surface area contributed by atoms with Crippen LogP contribution in [0.2, 0.25) is 0 Å². The molecule has 3 heterocycles. The first-order chi connectivity index (χ1) is 14.6. The highest BCUT2D eigenvalue weighted by Crippen LogP contribution is 2.48. The summed E-state index contributed by atoms with van der Waals surface area (Å²) in [5.74, 6) is -0.474. The van der Waals surface area contributed by atoms with E-state index < -0.39 is 17.2 Å². The van der Waals surface area contributed by atoms with Crippen molar-refractivity contribution in [1.29, 1.82) is 0 Å². The summed E-state index contributed by atoms with van der Waals surface area (Å²) in [4.78, 5) is 47.7. The van der Waals surface area contributed by atoms with E-state index in [0.717, 1.165) is 22.0 Å². The van der Waals surface area contributed by atoms with Crippen molar-refractivity contribution in [2.75, 3.05) is 5.32 Å². The second-order valence-corrected chi connectivity index (χ2v) is 7.34. The predicted molar refractivity (Wildman–Crippen MR) is 113 cm³/mol. The fraction of sp³-hybridized carbons (Fsp3) is 0.0435. The van der Waals surface area contributed by atoms with Gasteiger partial charge in [0.2, 0.25) is 0 Å². The van der Waals surface area contributed by atoms with Gasteiger partial charge < -0.3 is 5.32 Å². The molecule has 7 heteroatoms. The van der Waals surface area contributed by atoms with E-state index in [0.29, 0.717) is 28.2 Å². The molecule has 2 aromatic heterocycles. The third kappa shape index (κ3) is 2.14. The summed E-state index contributed by atoms with van der Waals surface area (Å²) in [6.07, 6.45) is 1.67. The van der Waals surface area contributed by atoms with Gasteiger partial charge in [0.1, 0.15) is 5.82 Å². The average Bonchev–Trinajstić information content (AvgIpc) is 3.04. The fourth-order valence-electron chi connectivity index (χ4n) is 4.53. The molecular formula is C23H14N4O3. The van der Waals surface area contributed by atoms with Crippen molar-refractivity contribution in [1.82, 2.24) is 15.0 Å². The molecule has 0 saturated carbocycles. The molecular weight excluding hydrogens is 380 g/mol. The fourth-order valence-corrected chi connectivity index (χ4v) is 4.53. The molecule has 7 nitrogen and oxygen atoms in total. The number of benzene rings is 2. The van der Waals surface area contributed by atoms with Crippen molar-refractivity contribution in [3.05, 3.63) is 109 Å². The monoisotopic (exact) mass is 394 g/mol. The summed E-state index contributed by atoms with van der Waals surface area (Å²) < 4.78 is 0. The smallest absolute Gasteiger partial charge is 0.327 e. The number of allylic oxidation sites excluding steroid dienone is 1. The first kappa shape index (κ1) is 16.7. The second-order valence-electron chi connectivity index (χ2n) is 7.34. The van der Waals surface area contributed by atoms with Gasteiger partial charge in [0.15, 0.2) is 5.78 Å². The number of ketones is 1. The van der Waals surface area contributed by atoms with Crippen LogP contribution in [0, 0.1) is 0 Å². The number of hydrogen-bond acceptors (Lipinski definition) is 5. The number of hydrogen-bond donors (Lipinski definition) is 3. The van der Waals surface area contributed by atoms with Crippen LogP contribution in [0.1, 0.15) is 33.0 Å². The SMILES string of the molecule is O=C1C2=C(Nc3[nH]c(=O)[nH]c(=O)c3C2c2ccnc3ccccc23)c2ccccc21. The molecule has 1 aliphatic heterocycles. The Hall–Kier alpha value is -4.26. The van der Waals surface area contributed by atoms with Gasteiger partial charge in [-0.2, -0.15) is 0 Å². The molecule has 0 saturated heterocycles. The minimum absolute atomic E-state index is 0.129. The number of pyridine rings is 1. The molecule has 3 N–H and O–H groups in total. The highest BCUT2D eigenvalue weighted by Gasteiger charge is 2.42. The zero-order valence-corrected chi connectivity index (χ0v) is 15.5. The van der Waals surface area contributed by atoms with Gasteiger partial charge in [-0.15, -0.1) is 0 Å². The average molecular weight is 394 g/mol. The van der Waals surface area contributed by atoms with Crippen molar-refractivity contribution in [3.63, 3.8) is 0 Å². The van der Waals surface area contributed by atoms with Crippen LogP contribution in [0.3, 0.4) is 0 Å². The molecule has 1 aliphatic carbocycles. The number of nitrogens with one attached hydrogen (secondary N) is 3. The standard InChI is InChI=1S/C23H14N4O3/c28-20-14-7-2-1-6-13(14)19-17(20)16(18-21(25-19)26-23(30)27-22(18)29)12-9-10-24-15-8-4-3-5-11(12)15/h1-10,16H,(H3,25,26,27,29,30). The van der Waals surface area contributed by atoms with Crippen LogP contribution in [-0.4, -0.2) is 20.7 Å². The van der Waals surface area contributed by atoms with Gasteiger partial charge in [0.05, 0.1) is 16.8 Å². The summed E-state index contributed by atoms with van der Waals surface area (Å²) in [5.41, 5.74) is 3.18. The Morgan fingerprint density at radius 2 is 1.60 bits per heavy atom. The van der Waals surface area contributed by atoms with Crippen molar-refractivity contribution in [3.8, 4) is 0 Å². The Balaban J connectivity index is 1.74. The van der Waals surface area contributed by atoms with Gasteiger partial charge in [0, 0.05) is 34.2 Å². The Morgan fingerprint density at radius 1 is 0.833 bits per heavy atom. The highest BCUT2D eigenvalue weighted by molar-refractivity contribution is 6.24. The van der Waals surface area contributed by atoms with E-state index >= 15 is 0 Å². The number of carbonyl (C=O) groups excluding carboxylic acids is 1. The summed E-state index contributed by atoms with van der Waals surface area (Å²) in [7, 11) is 0. The van der Waals surface area contributed by atoms with Crippen LogP contribution in [0.15, 0.2) is 76.0 Å². The molecule has 0 bridgehead atoms. The van der Waals surface area contributed by atoms with Gasteiger partial charge in [0.25, 0.3) is 5.56 Å². The Kier molecular flexibility index (Phi) is 3.26. The van der Waals surface area contributed by atoms with E-state index in [1.165, 1.54) is 0 Å². The van der Waals surface area contributed by atoms with Crippen LogP contribution < -0.4 is 16.6 Å². The van der Waals surface area contributed by atoms with E-state index in [1.807, 2.05) is 48.5 Å². The number of H-pyrrole nitrogens is 2. The van der Waals surface area contributed by atoms with Crippen molar-refractivity contribution < 1.29 is 4.79 Å². The van der Waals surface area contributed by atoms with Gasteiger partial charge in [-0.25, -0.2) is 4.79 Å². The molecule has 6 rings (SSSR count). The zero-order valence-electron chi connectivity index (χ0n) is 15.5. The maximum absolute atomic E-state index is 13.4. The summed E-state index contributed by atoms with van der Waals surface area (Å²) in [6.45, 7) is 0. The number of anilines is 1. The van der Waals surface area contributed by atoms with Crippen LogP contribution in [0.5, 0.6) is 0 Å². The Bertz CT molecular complexity index is 1540. The molecule has 144 valence electrons. The molecule has 2 aliphatic rings. The van der Waals surface area contributed by atoms with Gasteiger partial charge >= 0.3 is 5.69 Å². The van der Waals surface area contributed by atoms with E-state index in [-0.39, 0.29) is 5.78 Å². The lowest BCUT2D eigenvalue weighted by Crippen LogP contribution is -2.33. The van der Waals surface area contributed by atoms with Crippen molar-refractivity contribution in [2.24, 2.45) is 0 Å². The van der Waals surface area contributed by atoms with E-state index in [1.54, 1.807) is 12.3 Å². The second kappa shape index (κ2) is 5.87. The normalized spacial score (nSPS) is 16.8. The van der Waals surface area contributed by atoms with Crippen molar-refractivity contribution >= 4 is 28.2 Å². The minimum atomic E-state index is -0.648. The lowest BCUT2D eigenvalue weighted by atomic mass is 9.80. The predicted octanol–water partition coefficient (Wildman–Crippen LogP) is 2.78. The number of fused-ring (bicyclic) bond motifs is 4. The summed E-state index contributed by atoms with van der Waals surface area (Å²) in [5, 5.41) is 3.99. The summed E-state index contributed by atoms with van der Waals surface area (Å²) in [6, 6.07) is 16.7. The topological polar surface area (TPSA) is 108 Å². The number of rotatable bonds is 1. The lowest BCUT2D eigenvalue weighted by molar-refractivity contribution is 0.103. The molecule has 2 aromatic carbocycles. The number of Topliss-reactive ketones (excluding diaryl/α,β-unsaturated/α-hetero) is 1. The molecule has 30 heavy (non-hydrogen) atoms. The van der Waals surface area contributed by atoms with Gasteiger partial charge in [-0.3, -0.25) is 24.5 Å². The molecule has 1 atom stereocenters. The first-order valence-corrected chi connectivity index (χ1v) is 9.49. The number of aromatic amines is 2. The van der Waals surface area contributed by atoms with E-state index in [9.17, 15) is 14.4 Å². The lowest BCUT2D eigenvalue weighted by Gasteiger charge is -2.28. The minimum Gasteiger partial charge on any atom is -0.340 e. The zero-order chi connectivity index (χ0) is 20.4. The van der Waals surface area contributed by atoms with E-state index in [2.05, 4.69) is 20.3 Å². The van der Waals surface area contributed by atoms with Crippen LogP contribution in [0.4, 0.5) is 5.82 Å². The molecule has 0 radical (unpaired) electrons. The van der Waals surface area contributed by atoms with Crippen molar-refractivity contribution in [2.45, 2.75) is 5.92 Å². The van der Waals surface area contributed by atoms with Crippen LogP contribution >= 0.6 is 0 Å². The highest BCUT2D eigenvalue weighted by atomic mass is 16.2. The Morgan fingerprint density at radius 3 is 2.47 bits per heavy atom. The first-order valence-electron chi connectivity index (χ1n) is 9.49. The number of para-hydroxylation sites is 1. The third-order valence-electron chi connectivity index (χ3n) is 5.76. The Labute approximate surface area is 169 Å². The maximum Gasteiger partial charge on any atom is 0.327 e.